The van der Waals surface area contributed by atoms with E-state index in [0.29, 0.717) is 11.6 Å². The molecule has 2 N–H and O–H groups in total. The highest BCUT2D eigenvalue weighted by Crippen LogP contribution is 2.55. The Hall–Kier alpha value is -2.16. The van der Waals surface area contributed by atoms with Crippen molar-refractivity contribution in [2.45, 2.75) is 59.0 Å². The van der Waals surface area contributed by atoms with Crippen LogP contribution in [0.3, 0.4) is 0 Å². The first-order valence-electron chi connectivity index (χ1n) is 8.94. The second kappa shape index (κ2) is 5.98. The van der Waals surface area contributed by atoms with Crippen LogP contribution in [0.15, 0.2) is 24.3 Å². The molecule has 2 aromatic carbocycles. The summed E-state index contributed by atoms with van der Waals surface area (Å²) in [6.07, 6.45) is 0. The van der Waals surface area contributed by atoms with Gasteiger partial charge in [0.25, 0.3) is 0 Å². The topological polar surface area (TPSA) is 44.5 Å². The number of fused-ring (bicyclic) bond motifs is 1. The Bertz CT molecular complexity index is 804. The van der Waals surface area contributed by atoms with Crippen molar-refractivity contribution in [2.75, 3.05) is 12.8 Å². The van der Waals surface area contributed by atoms with Crippen LogP contribution in [-0.4, -0.2) is 12.7 Å². The van der Waals surface area contributed by atoms with Crippen LogP contribution in [0.25, 0.3) is 0 Å². The van der Waals surface area contributed by atoms with E-state index in [4.69, 9.17) is 15.2 Å². The first-order chi connectivity index (χ1) is 11.7. The van der Waals surface area contributed by atoms with Crippen LogP contribution in [0.1, 0.15) is 67.3 Å². The largest absolute Gasteiger partial charge is 0.496 e. The Morgan fingerprint density at radius 3 is 2.20 bits per heavy atom. The first kappa shape index (κ1) is 17.7. The normalized spacial score (nSPS) is 18.2. The molecule has 0 aromatic heterocycles. The van der Waals surface area contributed by atoms with Gasteiger partial charge in [0.1, 0.15) is 17.1 Å². The summed E-state index contributed by atoms with van der Waals surface area (Å²) >= 11 is 0. The molecule has 0 amide bonds. The molecule has 3 heteroatoms. The summed E-state index contributed by atoms with van der Waals surface area (Å²) < 4.78 is 12.0. The molecule has 134 valence electrons. The molecular formula is C22H29NO2. The molecule has 1 aliphatic heterocycles. The van der Waals surface area contributed by atoms with Crippen molar-refractivity contribution in [3.8, 4) is 11.5 Å². The van der Waals surface area contributed by atoms with Crippen LogP contribution < -0.4 is 15.2 Å². The number of nitrogen functional groups attached to an aromatic ring is 1. The van der Waals surface area contributed by atoms with Crippen LogP contribution >= 0.6 is 0 Å². The number of rotatable bonds is 3. The maximum absolute atomic E-state index is 6.40. The molecule has 0 saturated heterocycles. The average molecular weight is 339 g/mol. The summed E-state index contributed by atoms with van der Waals surface area (Å²) in [5.41, 5.74) is 12.5. The van der Waals surface area contributed by atoms with E-state index in [1.165, 1.54) is 11.1 Å². The van der Waals surface area contributed by atoms with Crippen molar-refractivity contribution < 1.29 is 9.47 Å². The maximum Gasteiger partial charge on any atom is 0.147 e. The summed E-state index contributed by atoms with van der Waals surface area (Å²) in [4.78, 5) is 0. The number of ether oxygens (including phenoxy) is 2. The van der Waals surface area contributed by atoms with Gasteiger partial charge in [-0.15, -0.1) is 0 Å². The van der Waals surface area contributed by atoms with Crippen LogP contribution in [0.4, 0.5) is 5.69 Å². The number of hydrogen-bond acceptors (Lipinski definition) is 3. The van der Waals surface area contributed by atoms with Gasteiger partial charge >= 0.3 is 0 Å². The van der Waals surface area contributed by atoms with Crippen molar-refractivity contribution in [3.05, 3.63) is 52.1 Å². The van der Waals surface area contributed by atoms with E-state index >= 15 is 0 Å². The number of anilines is 1. The Kier molecular flexibility index (Phi) is 4.22. The minimum atomic E-state index is -0.362. The SMILES string of the molecule is COc1c(C)c(N)c2c(c1C)C(c1ccc(C(C)C)cc1)C(C)(C)O2. The number of hydrogen-bond donors (Lipinski definition) is 1. The van der Waals surface area contributed by atoms with Gasteiger partial charge in [0.2, 0.25) is 0 Å². The lowest BCUT2D eigenvalue weighted by molar-refractivity contribution is 0.123. The summed E-state index contributed by atoms with van der Waals surface area (Å²) in [5, 5.41) is 0. The second-order valence-corrected chi connectivity index (χ2v) is 7.90. The minimum absolute atomic E-state index is 0.125. The third kappa shape index (κ3) is 2.66. The smallest absolute Gasteiger partial charge is 0.147 e. The first-order valence-corrected chi connectivity index (χ1v) is 8.94. The lowest BCUT2D eigenvalue weighted by Crippen LogP contribution is -2.31. The van der Waals surface area contributed by atoms with Crippen molar-refractivity contribution in [2.24, 2.45) is 0 Å². The molecule has 1 heterocycles. The van der Waals surface area contributed by atoms with Crippen LogP contribution in [0.2, 0.25) is 0 Å². The van der Waals surface area contributed by atoms with Gasteiger partial charge in [-0.3, -0.25) is 0 Å². The summed E-state index contributed by atoms with van der Waals surface area (Å²) in [7, 11) is 1.70. The maximum atomic E-state index is 6.40. The van der Waals surface area contributed by atoms with Gasteiger partial charge in [-0.05, 0) is 50.3 Å². The van der Waals surface area contributed by atoms with Crippen molar-refractivity contribution in [1.29, 1.82) is 0 Å². The molecule has 3 nitrogen and oxygen atoms in total. The van der Waals surface area contributed by atoms with Crippen molar-refractivity contribution in [1.82, 2.24) is 0 Å². The van der Waals surface area contributed by atoms with E-state index in [-0.39, 0.29) is 11.5 Å². The second-order valence-electron chi connectivity index (χ2n) is 7.90. The molecule has 1 unspecified atom stereocenters. The molecule has 0 bridgehead atoms. The van der Waals surface area contributed by atoms with Gasteiger partial charge in [0.05, 0.1) is 18.7 Å². The van der Waals surface area contributed by atoms with Gasteiger partial charge < -0.3 is 15.2 Å². The molecule has 0 spiro atoms. The lowest BCUT2D eigenvalue weighted by atomic mass is 9.78. The van der Waals surface area contributed by atoms with E-state index in [1.54, 1.807) is 7.11 Å². The van der Waals surface area contributed by atoms with E-state index in [1.807, 2.05) is 6.92 Å². The van der Waals surface area contributed by atoms with E-state index in [0.717, 1.165) is 28.2 Å². The summed E-state index contributed by atoms with van der Waals surface area (Å²) in [6, 6.07) is 8.89. The van der Waals surface area contributed by atoms with Crippen molar-refractivity contribution >= 4 is 5.69 Å². The Morgan fingerprint density at radius 2 is 1.68 bits per heavy atom. The fraction of sp³-hybridized carbons (Fsp3) is 0.455. The summed E-state index contributed by atoms with van der Waals surface area (Å²) in [6.45, 7) is 12.8. The molecule has 2 aromatic rings. The van der Waals surface area contributed by atoms with Gasteiger partial charge in [-0.25, -0.2) is 0 Å². The predicted molar refractivity (Wildman–Crippen MR) is 104 cm³/mol. The fourth-order valence-electron chi connectivity index (χ4n) is 4.09. The zero-order chi connectivity index (χ0) is 18.5. The van der Waals surface area contributed by atoms with E-state index in [2.05, 4.69) is 58.9 Å². The predicted octanol–water partition coefficient (Wildman–Crippen LogP) is 5.32. The number of methoxy groups -OCH3 is 1. The third-order valence-electron chi connectivity index (χ3n) is 5.47. The average Bonchev–Trinajstić information content (AvgIpc) is 2.85. The Balaban J connectivity index is 2.21. The quantitative estimate of drug-likeness (QED) is 0.770. The van der Waals surface area contributed by atoms with Gasteiger partial charge in [-0.2, -0.15) is 0 Å². The molecule has 25 heavy (non-hydrogen) atoms. The van der Waals surface area contributed by atoms with E-state index in [9.17, 15) is 0 Å². The highest BCUT2D eigenvalue weighted by molar-refractivity contribution is 5.73. The Morgan fingerprint density at radius 1 is 1.08 bits per heavy atom. The third-order valence-corrected chi connectivity index (χ3v) is 5.47. The molecule has 0 saturated carbocycles. The van der Waals surface area contributed by atoms with E-state index < -0.39 is 0 Å². The number of benzene rings is 2. The fourth-order valence-corrected chi connectivity index (χ4v) is 4.09. The van der Waals surface area contributed by atoms with Crippen LogP contribution in [0, 0.1) is 13.8 Å². The number of nitrogens with two attached hydrogens (primary N) is 1. The molecular weight excluding hydrogens is 310 g/mol. The zero-order valence-electron chi connectivity index (χ0n) is 16.4. The monoisotopic (exact) mass is 339 g/mol. The minimum Gasteiger partial charge on any atom is -0.496 e. The molecule has 0 fully saturated rings. The van der Waals surface area contributed by atoms with Crippen LogP contribution in [-0.2, 0) is 0 Å². The highest BCUT2D eigenvalue weighted by Gasteiger charge is 2.45. The summed E-state index contributed by atoms with van der Waals surface area (Å²) in [5.74, 6) is 2.33. The highest BCUT2D eigenvalue weighted by atomic mass is 16.5. The molecule has 1 atom stereocenters. The molecule has 0 radical (unpaired) electrons. The lowest BCUT2D eigenvalue weighted by Gasteiger charge is -2.27. The standard InChI is InChI=1S/C22H29NO2/c1-12(2)15-8-10-16(11-9-15)18-17-13(3)20(24-7)14(4)19(23)21(17)25-22(18,5)6/h8-12,18H,23H2,1-7H3. The zero-order valence-corrected chi connectivity index (χ0v) is 16.4. The van der Waals surface area contributed by atoms with Crippen LogP contribution in [0.5, 0.6) is 11.5 Å². The molecule has 3 rings (SSSR count). The van der Waals surface area contributed by atoms with Gasteiger partial charge in [0, 0.05) is 11.1 Å². The molecule has 0 aliphatic carbocycles. The Labute approximate surface area is 151 Å². The van der Waals surface area contributed by atoms with Crippen molar-refractivity contribution in [3.63, 3.8) is 0 Å². The molecule has 1 aliphatic rings. The van der Waals surface area contributed by atoms with Gasteiger partial charge in [-0.1, -0.05) is 38.1 Å². The van der Waals surface area contributed by atoms with Gasteiger partial charge in [0.15, 0.2) is 0 Å².